The second kappa shape index (κ2) is 9.84. The molecule has 3 unspecified atom stereocenters. The maximum atomic E-state index is 12.9. The molecule has 0 saturated carbocycles. The number of cyclic esters (lactones) is 1. The number of carbonyl (C=O) groups excluding carboxylic acids is 3. The van der Waals surface area contributed by atoms with E-state index in [4.69, 9.17) is 14.2 Å². The van der Waals surface area contributed by atoms with E-state index in [1.54, 1.807) is 6.92 Å². The van der Waals surface area contributed by atoms with Gasteiger partial charge in [-0.1, -0.05) is 69.0 Å². The maximum absolute atomic E-state index is 12.9. The van der Waals surface area contributed by atoms with Crippen molar-refractivity contribution in [3.05, 3.63) is 71.8 Å². The Hall–Kier alpha value is -3.41. The Balaban J connectivity index is 1.43. The van der Waals surface area contributed by atoms with Crippen LogP contribution in [0.3, 0.4) is 0 Å². The molecule has 4 rings (SSSR count). The van der Waals surface area contributed by atoms with Gasteiger partial charge in [-0.3, -0.25) is 9.59 Å². The first kappa shape index (κ1) is 23.7. The number of carbonyl (C=O) groups is 3. The second-order valence-corrected chi connectivity index (χ2v) is 9.51. The fraction of sp³-hybridized carbons (Fsp3) is 0.393. The number of esters is 3. The molecule has 1 saturated heterocycles. The summed E-state index contributed by atoms with van der Waals surface area (Å²) >= 11 is 0. The standard InChI is InChI=1S/C28H30O6/c1-16(2)13-23(32-27(30)17(3)4)24-14-18(28(31)33-24)15-25(29)34-26-21-11-7-5-9-19(21)20-10-6-8-12-22(20)26/h5-12,16,18,23-24,26H,3,13-15H2,1-2,4H3. The summed E-state index contributed by atoms with van der Waals surface area (Å²) in [5, 5.41) is 0. The van der Waals surface area contributed by atoms with Crippen molar-refractivity contribution in [2.24, 2.45) is 11.8 Å². The molecule has 34 heavy (non-hydrogen) atoms. The molecule has 2 aromatic carbocycles. The molecule has 3 atom stereocenters. The van der Waals surface area contributed by atoms with Crippen LogP contribution in [-0.2, 0) is 28.6 Å². The van der Waals surface area contributed by atoms with Crippen LogP contribution >= 0.6 is 0 Å². The summed E-state index contributed by atoms with van der Waals surface area (Å²) in [5.74, 6) is -1.84. The van der Waals surface area contributed by atoms with Crippen LogP contribution in [0.4, 0.5) is 0 Å². The third kappa shape index (κ3) is 4.91. The number of hydrogen-bond donors (Lipinski definition) is 0. The topological polar surface area (TPSA) is 78.9 Å². The van der Waals surface area contributed by atoms with Crippen LogP contribution in [-0.4, -0.2) is 30.1 Å². The molecular weight excluding hydrogens is 432 g/mol. The molecule has 0 bridgehead atoms. The zero-order valence-corrected chi connectivity index (χ0v) is 19.8. The number of fused-ring (bicyclic) bond motifs is 3. The monoisotopic (exact) mass is 462 g/mol. The quantitative estimate of drug-likeness (QED) is 0.306. The zero-order valence-electron chi connectivity index (χ0n) is 19.8. The zero-order chi connectivity index (χ0) is 24.4. The Labute approximate surface area is 199 Å². The first-order valence-corrected chi connectivity index (χ1v) is 11.7. The highest BCUT2D eigenvalue weighted by atomic mass is 16.6. The summed E-state index contributed by atoms with van der Waals surface area (Å²) in [5.41, 5.74) is 4.26. The Morgan fingerprint density at radius 2 is 1.65 bits per heavy atom. The minimum absolute atomic E-state index is 0.0843. The molecule has 178 valence electrons. The number of hydrogen-bond acceptors (Lipinski definition) is 6. The summed E-state index contributed by atoms with van der Waals surface area (Å²) in [6.45, 7) is 9.21. The number of rotatable bonds is 8. The maximum Gasteiger partial charge on any atom is 0.333 e. The van der Waals surface area contributed by atoms with E-state index in [-0.39, 0.29) is 17.9 Å². The highest BCUT2D eigenvalue weighted by molar-refractivity contribution is 5.87. The van der Waals surface area contributed by atoms with Crippen molar-refractivity contribution >= 4 is 17.9 Å². The molecule has 0 aromatic heterocycles. The molecule has 0 radical (unpaired) electrons. The van der Waals surface area contributed by atoms with Crippen molar-refractivity contribution in [3.63, 3.8) is 0 Å². The first-order valence-electron chi connectivity index (χ1n) is 11.7. The molecule has 1 heterocycles. The smallest absolute Gasteiger partial charge is 0.333 e. The van der Waals surface area contributed by atoms with Crippen molar-refractivity contribution in [2.45, 2.75) is 58.3 Å². The fourth-order valence-electron chi connectivity index (χ4n) is 4.66. The summed E-state index contributed by atoms with van der Waals surface area (Å²) < 4.78 is 17.0. The van der Waals surface area contributed by atoms with Gasteiger partial charge in [0.05, 0.1) is 12.3 Å². The van der Waals surface area contributed by atoms with Crippen LogP contribution in [0.15, 0.2) is 60.7 Å². The highest BCUT2D eigenvalue weighted by Gasteiger charge is 2.42. The lowest BCUT2D eigenvalue weighted by atomic mass is 9.94. The Morgan fingerprint density at radius 1 is 1.06 bits per heavy atom. The van der Waals surface area contributed by atoms with Crippen molar-refractivity contribution in [3.8, 4) is 11.1 Å². The van der Waals surface area contributed by atoms with E-state index in [1.807, 2.05) is 62.4 Å². The van der Waals surface area contributed by atoms with Gasteiger partial charge < -0.3 is 14.2 Å². The average Bonchev–Trinajstić information content (AvgIpc) is 3.31. The van der Waals surface area contributed by atoms with Gasteiger partial charge in [0.15, 0.2) is 6.10 Å². The molecule has 6 nitrogen and oxygen atoms in total. The number of ether oxygens (including phenoxy) is 3. The van der Waals surface area contributed by atoms with Crippen LogP contribution in [0.2, 0.25) is 0 Å². The fourth-order valence-corrected chi connectivity index (χ4v) is 4.66. The van der Waals surface area contributed by atoms with Crippen molar-refractivity contribution in [1.29, 1.82) is 0 Å². The molecule has 0 spiro atoms. The molecule has 2 aliphatic rings. The van der Waals surface area contributed by atoms with E-state index in [2.05, 4.69) is 6.58 Å². The predicted octanol–water partition coefficient (Wildman–Crippen LogP) is 5.16. The molecular formula is C28H30O6. The summed E-state index contributed by atoms with van der Waals surface area (Å²) in [4.78, 5) is 37.6. The number of benzene rings is 2. The summed E-state index contributed by atoms with van der Waals surface area (Å²) in [6, 6.07) is 15.7. The van der Waals surface area contributed by atoms with E-state index < -0.39 is 42.1 Å². The van der Waals surface area contributed by atoms with E-state index in [0.717, 1.165) is 22.3 Å². The Kier molecular flexibility index (Phi) is 6.87. The van der Waals surface area contributed by atoms with E-state index in [1.165, 1.54) is 0 Å². The van der Waals surface area contributed by atoms with Crippen LogP contribution < -0.4 is 0 Å². The molecule has 1 aliphatic heterocycles. The van der Waals surface area contributed by atoms with Gasteiger partial charge in [0.2, 0.25) is 0 Å². The highest BCUT2D eigenvalue weighted by Crippen LogP contribution is 2.45. The Bertz CT molecular complexity index is 1070. The van der Waals surface area contributed by atoms with Gasteiger partial charge in [-0.25, -0.2) is 4.79 Å². The molecule has 0 amide bonds. The lowest BCUT2D eigenvalue weighted by molar-refractivity contribution is -0.160. The minimum Gasteiger partial charge on any atom is -0.458 e. The van der Waals surface area contributed by atoms with Crippen LogP contribution in [0.1, 0.15) is 57.3 Å². The van der Waals surface area contributed by atoms with Gasteiger partial charge in [0, 0.05) is 23.1 Å². The van der Waals surface area contributed by atoms with Gasteiger partial charge in [0.1, 0.15) is 12.2 Å². The SMILES string of the molecule is C=C(C)C(=O)OC(CC(C)C)C1CC(CC(=O)OC2c3ccccc3-c3ccccc32)C(=O)O1. The average molecular weight is 463 g/mol. The van der Waals surface area contributed by atoms with Crippen molar-refractivity contribution in [2.75, 3.05) is 0 Å². The lowest BCUT2D eigenvalue weighted by Crippen LogP contribution is -2.33. The normalized spacial score (nSPS) is 19.8. The third-order valence-electron chi connectivity index (χ3n) is 6.28. The lowest BCUT2D eigenvalue weighted by Gasteiger charge is -2.24. The van der Waals surface area contributed by atoms with Crippen LogP contribution in [0.25, 0.3) is 11.1 Å². The molecule has 6 heteroatoms. The molecule has 1 fully saturated rings. The summed E-state index contributed by atoms with van der Waals surface area (Å²) in [6.07, 6.45) is -0.917. The van der Waals surface area contributed by atoms with Gasteiger partial charge in [-0.2, -0.15) is 0 Å². The van der Waals surface area contributed by atoms with Crippen LogP contribution in [0.5, 0.6) is 0 Å². The van der Waals surface area contributed by atoms with Gasteiger partial charge in [-0.15, -0.1) is 0 Å². The predicted molar refractivity (Wildman–Crippen MR) is 127 cm³/mol. The van der Waals surface area contributed by atoms with Gasteiger partial charge in [-0.05, 0) is 30.4 Å². The van der Waals surface area contributed by atoms with Crippen molar-refractivity contribution in [1.82, 2.24) is 0 Å². The Morgan fingerprint density at radius 3 is 2.21 bits per heavy atom. The second-order valence-electron chi connectivity index (χ2n) is 9.51. The van der Waals surface area contributed by atoms with Crippen molar-refractivity contribution < 1.29 is 28.6 Å². The molecule has 1 aliphatic carbocycles. The summed E-state index contributed by atoms with van der Waals surface area (Å²) in [7, 11) is 0. The van der Waals surface area contributed by atoms with Gasteiger partial charge in [0.25, 0.3) is 0 Å². The minimum atomic E-state index is -0.636. The van der Waals surface area contributed by atoms with E-state index >= 15 is 0 Å². The first-order chi connectivity index (χ1) is 16.2. The molecule has 2 aromatic rings. The molecule has 0 N–H and O–H groups in total. The van der Waals surface area contributed by atoms with E-state index in [9.17, 15) is 14.4 Å². The largest absolute Gasteiger partial charge is 0.458 e. The van der Waals surface area contributed by atoms with E-state index in [0.29, 0.717) is 12.8 Å². The van der Waals surface area contributed by atoms with Gasteiger partial charge >= 0.3 is 17.9 Å². The van der Waals surface area contributed by atoms with Crippen LogP contribution in [0, 0.1) is 11.8 Å². The third-order valence-corrected chi connectivity index (χ3v) is 6.28.